The number of likely N-dealkylation sites (tertiary alicyclic amines) is 1. The fraction of sp³-hybridized carbons (Fsp3) is 0.667. The van der Waals surface area contributed by atoms with E-state index in [9.17, 15) is 29.1 Å². The zero-order chi connectivity index (χ0) is 41.1. The highest BCUT2D eigenvalue weighted by atomic mass is 19.3. The summed E-state index contributed by atoms with van der Waals surface area (Å²) in [6, 6.07) is 4.99. The number of carbonyl (C=O) groups is 5. The number of carbonyl (C=O) groups excluding carboxylic acids is 5. The molecule has 15 heteroatoms. The molecule has 3 saturated carbocycles. The molecule has 1 saturated heterocycles. The Balaban J connectivity index is 1.23. The molecule has 13 nitrogen and oxygen atoms in total. The zero-order valence-corrected chi connectivity index (χ0v) is 33.5. The normalized spacial score (nSPS) is 24.1. The molecule has 1 aliphatic heterocycles. The number of halogens is 2. The molecule has 57 heavy (non-hydrogen) atoms. The molecule has 0 spiro atoms. The molecular weight excluding hydrogens is 737 g/mol. The molecule has 2 aromatic rings. The largest absolute Gasteiger partial charge is 0.381 e. The van der Waals surface area contributed by atoms with Crippen LogP contribution in [0.3, 0.4) is 0 Å². The number of fused-ring (bicyclic) bond motifs is 1. The Labute approximate surface area is 333 Å². The summed E-state index contributed by atoms with van der Waals surface area (Å²) >= 11 is 0. The predicted molar refractivity (Wildman–Crippen MR) is 208 cm³/mol. The van der Waals surface area contributed by atoms with Gasteiger partial charge in [0.05, 0.1) is 6.04 Å². The number of aromatic nitrogens is 2. The van der Waals surface area contributed by atoms with Crippen molar-refractivity contribution in [3.05, 3.63) is 54.1 Å². The monoisotopic (exact) mass is 795 g/mol. The van der Waals surface area contributed by atoms with Crippen molar-refractivity contribution < 1.29 is 37.9 Å². The number of nitrogens with zero attached hydrogens (tertiary/aromatic N) is 3. The van der Waals surface area contributed by atoms with Gasteiger partial charge < -0.3 is 35.8 Å². The summed E-state index contributed by atoms with van der Waals surface area (Å²) in [6.45, 7) is 7.07. The Hall–Kier alpha value is -4.40. The van der Waals surface area contributed by atoms with Crippen LogP contribution in [0.15, 0.2) is 42.7 Å². The first kappa shape index (κ1) is 42.2. The molecule has 5 N–H and O–H groups in total. The number of aliphatic hydroxyl groups excluding tert-OH is 1. The lowest BCUT2D eigenvalue weighted by Gasteiger charge is -2.38. The average Bonchev–Trinajstić information content (AvgIpc) is 3.58. The molecule has 4 aliphatic rings. The van der Waals surface area contributed by atoms with Gasteiger partial charge >= 0.3 is 0 Å². The second-order valence-corrected chi connectivity index (χ2v) is 17.7. The van der Waals surface area contributed by atoms with Crippen LogP contribution in [0.2, 0.25) is 0 Å². The summed E-state index contributed by atoms with van der Waals surface area (Å²) in [5.74, 6) is -8.50. The van der Waals surface area contributed by atoms with Crippen molar-refractivity contribution in [3.63, 3.8) is 0 Å². The van der Waals surface area contributed by atoms with E-state index in [1.54, 1.807) is 31.5 Å². The molecule has 6 rings (SSSR count). The van der Waals surface area contributed by atoms with Crippen LogP contribution in [0.1, 0.15) is 115 Å². The summed E-state index contributed by atoms with van der Waals surface area (Å²) in [7, 11) is 0. The van der Waals surface area contributed by atoms with Crippen LogP contribution in [0.25, 0.3) is 0 Å². The van der Waals surface area contributed by atoms with E-state index in [2.05, 4.69) is 26.3 Å². The van der Waals surface area contributed by atoms with Crippen molar-refractivity contribution in [3.8, 4) is 0 Å². The van der Waals surface area contributed by atoms with E-state index in [-0.39, 0.29) is 30.6 Å². The SMILES string of the molecule is CCC[C@H](NC(=O)C1[C@H]2CCC(F)(F)C2CN1C(=O)C(NC(=O)C(NC(=O)c1nccn1Cc1ccccc1)C1CCCCC1)C(C)(C)C)C(O)C(=O)NC1CC1. The van der Waals surface area contributed by atoms with Crippen LogP contribution in [-0.4, -0.2) is 97.9 Å². The van der Waals surface area contributed by atoms with Crippen LogP contribution in [0.4, 0.5) is 8.78 Å². The molecule has 4 fully saturated rings. The predicted octanol–water partition coefficient (Wildman–Crippen LogP) is 3.94. The van der Waals surface area contributed by atoms with Gasteiger partial charge in [-0.3, -0.25) is 24.0 Å². The minimum Gasteiger partial charge on any atom is -0.381 e. The molecule has 1 aromatic heterocycles. The number of alkyl halides is 2. The topological polar surface area (TPSA) is 175 Å². The number of aliphatic hydroxyl groups is 1. The van der Waals surface area contributed by atoms with Gasteiger partial charge in [-0.25, -0.2) is 13.8 Å². The first-order valence-corrected chi connectivity index (χ1v) is 20.7. The van der Waals surface area contributed by atoms with Crippen molar-refractivity contribution in [2.45, 2.75) is 147 Å². The Morgan fingerprint density at radius 2 is 1.65 bits per heavy atom. The van der Waals surface area contributed by atoms with E-state index in [1.165, 1.54) is 11.1 Å². The first-order chi connectivity index (χ1) is 27.1. The van der Waals surface area contributed by atoms with Crippen LogP contribution >= 0.6 is 0 Å². The van der Waals surface area contributed by atoms with Gasteiger partial charge in [-0.05, 0) is 61.3 Å². The number of benzene rings is 1. The van der Waals surface area contributed by atoms with Gasteiger partial charge in [0.1, 0.15) is 18.1 Å². The van der Waals surface area contributed by atoms with E-state index in [0.29, 0.717) is 25.8 Å². The maximum absolute atomic E-state index is 15.4. The van der Waals surface area contributed by atoms with Gasteiger partial charge in [-0.2, -0.15) is 0 Å². The number of imidazole rings is 1. The highest BCUT2D eigenvalue weighted by Gasteiger charge is 2.61. The Morgan fingerprint density at radius 1 is 0.947 bits per heavy atom. The Kier molecular flexibility index (Phi) is 13.0. The molecule has 5 unspecified atom stereocenters. The van der Waals surface area contributed by atoms with Gasteiger partial charge in [0, 0.05) is 43.9 Å². The van der Waals surface area contributed by atoms with Crippen molar-refractivity contribution in [1.82, 2.24) is 35.7 Å². The molecule has 5 amide bonds. The molecular formula is C42H59F2N7O6. The van der Waals surface area contributed by atoms with Crippen LogP contribution in [0.5, 0.6) is 0 Å². The molecule has 2 heterocycles. The number of hydrogen-bond acceptors (Lipinski definition) is 7. The standard InChI is InChI=1S/C42H59F2N7O6/c1-5-12-30(33(52)38(55)46-27-17-18-27)47-37(54)32-28-19-20-42(43,44)29(28)24-51(32)40(57)34(41(2,3)4)49-36(53)31(26-15-10-7-11-16-26)48-39(56)35-45-21-22-50(35)23-25-13-8-6-9-14-25/h6,8-9,13-14,21-22,26-34,52H,5,7,10-12,15-20,23-24H2,1-4H3,(H,46,55)(H,47,54)(H,48,56)(H,49,53)/t28-,29?,30-,31?,32?,33?,34?/m0/s1. The highest BCUT2D eigenvalue weighted by Crippen LogP contribution is 2.51. The lowest BCUT2D eigenvalue weighted by Crippen LogP contribution is -2.62. The Bertz CT molecular complexity index is 1760. The minimum absolute atomic E-state index is 0.00502. The zero-order valence-electron chi connectivity index (χ0n) is 33.5. The number of hydrogen-bond donors (Lipinski definition) is 5. The fourth-order valence-electron chi connectivity index (χ4n) is 8.95. The van der Waals surface area contributed by atoms with Crippen LogP contribution < -0.4 is 21.3 Å². The van der Waals surface area contributed by atoms with Gasteiger partial charge in [0.15, 0.2) is 11.9 Å². The van der Waals surface area contributed by atoms with Gasteiger partial charge in [-0.15, -0.1) is 0 Å². The first-order valence-electron chi connectivity index (χ1n) is 20.7. The summed E-state index contributed by atoms with van der Waals surface area (Å²) in [5.41, 5.74) is 0.0210. The van der Waals surface area contributed by atoms with Gasteiger partial charge in [0.2, 0.25) is 17.7 Å². The van der Waals surface area contributed by atoms with E-state index in [4.69, 9.17) is 0 Å². The van der Waals surface area contributed by atoms with Crippen LogP contribution in [0, 0.1) is 23.2 Å². The van der Waals surface area contributed by atoms with Gasteiger partial charge in [0.25, 0.3) is 17.7 Å². The maximum atomic E-state index is 15.4. The second-order valence-electron chi connectivity index (χ2n) is 17.7. The van der Waals surface area contributed by atoms with Crippen LogP contribution in [-0.2, 0) is 25.7 Å². The average molecular weight is 796 g/mol. The van der Waals surface area contributed by atoms with E-state index >= 15 is 8.78 Å². The smallest absolute Gasteiger partial charge is 0.287 e. The summed E-state index contributed by atoms with van der Waals surface area (Å²) in [5, 5.41) is 22.3. The number of nitrogens with one attached hydrogen (secondary N) is 4. The van der Waals surface area contributed by atoms with E-state index in [0.717, 1.165) is 37.7 Å². The third-order valence-corrected chi connectivity index (χ3v) is 12.3. The molecule has 1 aromatic carbocycles. The van der Waals surface area contributed by atoms with Crippen molar-refractivity contribution >= 4 is 29.5 Å². The maximum Gasteiger partial charge on any atom is 0.287 e. The fourth-order valence-corrected chi connectivity index (χ4v) is 8.95. The minimum atomic E-state index is -3.12. The summed E-state index contributed by atoms with van der Waals surface area (Å²) in [4.78, 5) is 75.6. The quantitative estimate of drug-likeness (QED) is 0.182. The third kappa shape index (κ3) is 9.84. The van der Waals surface area contributed by atoms with Crippen molar-refractivity contribution in [2.75, 3.05) is 6.54 Å². The van der Waals surface area contributed by atoms with Gasteiger partial charge in [-0.1, -0.05) is 83.7 Å². The van der Waals surface area contributed by atoms with Crippen molar-refractivity contribution in [2.24, 2.45) is 23.2 Å². The summed E-state index contributed by atoms with van der Waals surface area (Å²) in [6.07, 6.45) is 7.70. The van der Waals surface area contributed by atoms with Crippen molar-refractivity contribution in [1.29, 1.82) is 0 Å². The highest BCUT2D eigenvalue weighted by molar-refractivity contribution is 5.98. The lowest BCUT2D eigenvalue weighted by atomic mass is 9.82. The Morgan fingerprint density at radius 3 is 2.30 bits per heavy atom. The molecule has 7 atom stereocenters. The van der Waals surface area contributed by atoms with E-state index < -0.39 is 95.9 Å². The summed E-state index contributed by atoms with van der Waals surface area (Å²) < 4.78 is 32.5. The molecule has 312 valence electrons. The second kappa shape index (κ2) is 17.6. The molecule has 3 aliphatic carbocycles. The number of rotatable bonds is 15. The lowest BCUT2D eigenvalue weighted by molar-refractivity contribution is -0.146. The number of amides is 5. The molecule has 0 radical (unpaired) electrons. The van der Waals surface area contributed by atoms with E-state index in [1.807, 2.05) is 37.3 Å². The molecule has 0 bridgehead atoms. The third-order valence-electron chi connectivity index (χ3n) is 12.3.